The highest BCUT2D eigenvalue weighted by molar-refractivity contribution is 7.15. The van der Waals surface area contributed by atoms with Gasteiger partial charge in [-0.05, 0) is 26.0 Å². The van der Waals surface area contributed by atoms with Crippen molar-refractivity contribution in [2.45, 2.75) is 26.0 Å². The van der Waals surface area contributed by atoms with Crippen LogP contribution in [0.2, 0.25) is 0 Å². The Balaban J connectivity index is 2.14. The van der Waals surface area contributed by atoms with Crippen LogP contribution < -0.4 is 0 Å². The summed E-state index contributed by atoms with van der Waals surface area (Å²) in [4.78, 5) is 26.6. The van der Waals surface area contributed by atoms with Crippen molar-refractivity contribution in [3.63, 3.8) is 0 Å². The Kier molecular flexibility index (Phi) is 4.21. The van der Waals surface area contributed by atoms with Crippen LogP contribution >= 0.6 is 11.3 Å². The van der Waals surface area contributed by atoms with Crippen LogP contribution in [0.3, 0.4) is 0 Å². The minimum Gasteiger partial charge on any atom is -0.465 e. The lowest BCUT2D eigenvalue weighted by atomic mass is 10.2. The topological polar surface area (TPSA) is 55.8 Å². The summed E-state index contributed by atoms with van der Waals surface area (Å²) in [7, 11) is 1.33. The summed E-state index contributed by atoms with van der Waals surface area (Å²) in [5.74, 6) is -0.463. The molecule has 2 atom stereocenters. The molecule has 1 aliphatic rings. The summed E-state index contributed by atoms with van der Waals surface area (Å²) < 4.78 is 10.1. The largest absolute Gasteiger partial charge is 0.465 e. The molecule has 1 aromatic rings. The number of thiophene rings is 1. The first-order valence-electron chi connectivity index (χ1n) is 6.13. The summed E-state index contributed by atoms with van der Waals surface area (Å²) in [6.07, 6.45) is 0.0418. The van der Waals surface area contributed by atoms with Gasteiger partial charge in [-0.15, -0.1) is 11.3 Å². The van der Waals surface area contributed by atoms with Gasteiger partial charge in [0.2, 0.25) is 0 Å². The van der Waals surface area contributed by atoms with Gasteiger partial charge in [-0.25, -0.2) is 4.79 Å². The maximum Gasteiger partial charge on any atom is 0.348 e. The molecule has 1 aliphatic heterocycles. The van der Waals surface area contributed by atoms with Crippen molar-refractivity contribution >= 4 is 23.2 Å². The van der Waals surface area contributed by atoms with Gasteiger partial charge in [0.05, 0.1) is 30.7 Å². The van der Waals surface area contributed by atoms with Gasteiger partial charge in [-0.3, -0.25) is 4.79 Å². The average molecular weight is 283 g/mol. The lowest BCUT2D eigenvalue weighted by molar-refractivity contribution is -0.0385. The number of ether oxygens (including phenoxy) is 2. The van der Waals surface area contributed by atoms with Crippen LogP contribution in [0.15, 0.2) is 12.1 Å². The molecule has 1 aromatic heterocycles. The normalized spacial score (nSPS) is 23.2. The molecule has 0 N–H and O–H groups in total. The first kappa shape index (κ1) is 14.0. The molecule has 2 rings (SSSR count). The molecule has 1 amide bonds. The van der Waals surface area contributed by atoms with E-state index in [4.69, 9.17) is 4.74 Å². The highest BCUT2D eigenvalue weighted by Gasteiger charge is 2.29. The van der Waals surface area contributed by atoms with Crippen LogP contribution in [0, 0.1) is 0 Å². The van der Waals surface area contributed by atoms with E-state index in [1.165, 1.54) is 7.11 Å². The minimum absolute atomic E-state index is 0.0418. The third kappa shape index (κ3) is 2.96. The standard InChI is InChI=1S/C13H17NO4S/c1-8-7-18-9(2)6-14(8)12(15)10-4-5-11(19-10)13(16)17-3/h4-5,8-9H,6-7H2,1-3H3/t8-,9+/m1/s1. The van der Waals surface area contributed by atoms with Gasteiger partial charge in [0, 0.05) is 6.54 Å². The number of nitrogens with zero attached hydrogens (tertiary/aromatic N) is 1. The van der Waals surface area contributed by atoms with E-state index in [0.29, 0.717) is 22.9 Å². The van der Waals surface area contributed by atoms with E-state index < -0.39 is 5.97 Å². The van der Waals surface area contributed by atoms with Crippen molar-refractivity contribution in [3.05, 3.63) is 21.9 Å². The van der Waals surface area contributed by atoms with Gasteiger partial charge >= 0.3 is 5.97 Å². The number of amides is 1. The Bertz CT molecular complexity index is 485. The Morgan fingerprint density at radius 3 is 2.74 bits per heavy atom. The van der Waals surface area contributed by atoms with Crippen molar-refractivity contribution in [2.24, 2.45) is 0 Å². The molecule has 0 aromatic carbocycles. The van der Waals surface area contributed by atoms with Crippen molar-refractivity contribution in [3.8, 4) is 0 Å². The van der Waals surface area contributed by atoms with Crippen LogP contribution in [0.4, 0.5) is 0 Å². The predicted octanol–water partition coefficient (Wildman–Crippen LogP) is 1.78. The number of carbonyl (C=O) groups is 2. The smallest absolute Gasteiger partial charge is 0.348 e. The van der Waals surface area contributed by atoms with Crippen molar-refractivity contribution in [1.29, 1.82) is 0 Å². The molecule has 1 fully saturated rings. The first-order valence-corrected chi connectivity index (χ1v) is 6.95. The van der Waals surface area contributed by atoms with Crippen molar-refractivity contribution in [1.82, 2.24) is 4.90 Å². The number of hydrogen-bond acceptors (Lipinski definition) is 5. The molecular weight excluding hydrogens is 266 g/mol. The molecule has 0 spiro atoms. The quantitative estimate of drug-likeness (QED) is 0.776. The second-order valence-electron chi connectivity index (χ2n) is 4.61. The van der Waals surface area contributed by atoms with E-state index in [1.54, 1.807) is 17.0 Å². The molecule has 0 radical (unpaired) electrons. The predicted molar refractivity (Wildman–Crippen MR) is 71.6 cm³/mol. The maximum atomic E-state index is 12.4. The minimum atomic E-state index is -0.410. The molecule has 0 aliphatic carbocycles. The summed E-state index contributed by atoms with van der Waals surface area (Å²) in [6.45, 7) is 5.02. The van der Waals surface area contributed by atoms with Crippen molar-refractivity contribution in [2.75, 3.05) is 20.3 Å². The molecule has 5 nitrogen and oxygen atoms in total. The first-order chi connectivity index (χ1) is 9.02. The van der Waals surface area contributed by atoms with Crippen LogP contribution in [0.25, 0.3) is 0 Å². The molecular formula is C13H17NO4S. The average Bonchev–Trinajstić information content (AvgIpc) is 2.89. The lowest BCUT2D eigenvalue weighted by Crippen LogP contribution is -2.50. The molecule has 0 unspecified atom stereocenters. The zero-order chi connectivity index (χ0) is 14.0. The summed E-state index contributed by atoms with van der Waals surface area (Å²) in [5, 5.41) is 0. The van der Waals surface area contributed by atoms with Crippen LogP contribution in [-0.2, 0) is 9.47 Å². The van der Waals surface area contributed by atoms with Gasteiger partial charge in [0.1, 0.15) is 4.88 Å². The van der Waals surface area contributed by atoms with E-state index in [9.17, 15) is 9.59 Å². The van der Waals surface area contributed by atoms with E-state index in [0.717, 1.165) is 11.3 Å². The molecule has 6 heteroatoms. The van der Waals surface area contributed by atoms with Crippen LogP contribution in [-0.4, -0.2) is 49.2 Å². The fourth-order valence-electron chi connectivity index (χ4n) is 1.99. The molecule has 19 heavy (non-hydrogen) atoms. The van der Waals surface area contributed by atoms with E-state index >= 15 is 0 Å². The lowest BCUT2D eigenvalue weighted by Gasteiger charge is -2.36. The Labute approximate surface area is 116 Å². The zero-order valence-corrected chi connectivity index (χ0v) is 12.0. The maximum absolute atomic E-state index is 12.4. The monoisotopic (exact) mass is 283 g/mol. The summed E-state index contributed by atoms with van der Waals surface area (Å²) >= 11 is 1.16. The number of rotatable bonds is 2. The van der Waals surface area contributed by atoms with E-state index in [-0.39, 0.29) is 18.1 Å². The van der Waals surface area contributed by atoms with E-state index in [1.807, 2.05) is 13.8 Å². The third-order valence-corrected chi connectivity index (χ3v) is 4.13. The number of methoxy groups -OCH3 is 1. The van der Waals surface area contributed by atoms with Gasteiger partial charge in [0.25, 0.3) is 5.91 Å². The molecule has 2 heterocycles. The van der Waals surface area contributed by atoms with Crippen molar-refractivity contribution < 1.29 is 19.1 Å². The highest BCUT2D eigenvalue weighted by Crippen LogP contribution is 2.22. The second kappa shape index (κ2) is 5.71. The van der Waals surface area contributed by atoms with E-state index in [2.05, 4.69) is 4.74 Å². The summed E-state index contributed by atoms with van der Waals surface area (Å²) in [6, 6.07) is 3.34. The number of carbonyl (C=O) groups excluding carboxylic acids is 2. The molecule has 0 bridgehead atoms. The van der Waals surface area contributed by atoms with Gasteiger partial charge < -0.3 is 14.4 Å². The van der Waals surface area contributed by atoms with Gasteiger partial charge in [0.15, 0.2) is 0 Å². The Hall–Kier alpha value is -1.40. The number of esters is 1. The highest BCUT2D eigenvalue weighted by atomic mass is 32.1. The van der Waals surface area contributed by atoms with Crippen LogP contribution in [0.5, 0.6) is 0 Å². The van der Waals surface area contributed by atoms with Gasteiger partial charge in [-0.1, -0.05) is 0 Å². The molecule has 104 valence electrons. The number of morpholine rings is 1. The Morgan fingerprint density at radius 1 is 1.37 bits per heavy atom. The summed E-state index contributed by atoms with van der Waals surface area (Å²) in [5.41, 5.74) is 0. The van der Waals surface area contributed by atoms with Gasteiger partial charge in [-0.2, -0.15) is 0 Å². The third-order valence-electron chi connectivity index (χ3n) is 3.07. The second-order valence-corrected chi connectivity index (χ2v) is 5.69. The fourth-order valence-corrected chi connectivity index (χ4v) is 2.87. The number of hydrogen-bond donors (Lipinski definition) is 0. The molecule has 1 saturated heterocycles. The molecule has 0 saturated carbocycles. The SMILES string of the molecule is COC(=O)c1ccc(C(=O)N2C[C@H](C)OC[C@H]2C)s1. The zero-order valence-electron chi connectivity index (χ0n) is 11.2. The fraction of sp³-hybridized carbons (Fsp3) is 0.538. The van der Waals surface area contributed by atoms with Crippen LogP contribution in [0.1, 0.15) is 33.2 Å². The Morgan fingerprint density at radius 2 is 2.05 bits per heavy atom.